The summed E-state index contributed by atoms with van der Waals surface area (Å²) in [5.41, 5.74) is 2.45. The van der Waals surface area contributed by atoms with Crippen molar-refractivity contribution in [3.8, 4) is 0 Å². The molecule has 3 heterocycles. The molecule has 116 valence electrons. The molecule has 1 aromatic carbocycles. The first-order valence-electron chi connectivity index (χ1n) is 7.90. The molecule has 1 amide bonds. The Morgan fingerprint density at radius 3 is 2.96 bits per heavy atom. The average Bonchev–Trinajstić information content (AvgIpc) is 3.22. The Morgan fingerprint density at radius 2 is 2.13 bits per heavy atom. The van der Waals surface area contributed by atoms with Crippen LogP contribution in [-0.2, 0) is 0 Å². The smallest absolute Gasteiger partial charge is 0.256 e. The number of H-pyrrole nitrogens is 1. The topological polar surface area (TPSA) is 61.9 Å². The van der Waals surface area contributed by atoms with Gasteiger partial charge in [0.15, 0.2) is 0 Å². The van der Waals surface area contributed by atoms with Gasteiger partial charge in [-0.05, 0) is 31.9 Å². The molecule has 1 N–H and O–H groups in total. The number of nitrogens with zero attached hydrogens (tertiary/aromatic N) is 3. The SMILES string of the molecule is Cc1cnc(C2CCCN2C(=O)c2cccc3cccnc23)[nH]1. The molecule has 0 radical (unpaired) electrons. The van der Waals surface area contributed by atoms with E-state index in [4.69, 9.17) is 0 Å². The zero-order valence-corrected chi connectivity index (χ0v) is 13.0. The van der Waals surface area contributed by atoms with Crippen molar-refractivity contribution in [1.29, 1.82) is 0 Å². The van der Waals surface area contributed by atoms with Gasteiger partial charge >= 0.3 is 0 Å². The first-order valence-corrected chi connectivity index (χ1v) is 7.90. The molecule has 1 unspecified atom stereocenters. The average molecular weight is 306 g/mol. The second kappa shape index (κ2) is 5.50. The van der Waals surface area contributed by atoms with E-state index in [2.05, 4.69) is 15.0 Å². The lowest BCUT2D eigenvalue weighted by atomic mass is 10.1. The van der Waals surface area contributed by atoms with Gasteiger partial charge in [0.05, 0.1) is 17.1 Å². The van der Waals surface area contributed by atoms with Crippen molar-refractivity contribution in [1.82, 2.24) is 19.9 Å². The maximum absolute atomic E-state index is 13.1. The molecule has 0 bridgehead atoms. The molecular formula is C18H18N4O. The van der Waals surface area contributed by atoms with Gasteiger partial charge in [-0.2, -0.15) is 0 Å². The summed E-state index contributed by atoms with van der Waals surface area (Å²) >= 11 is 0. The largest absolute Gasteiger partial charge is 0.344 e. The molecule has 5 nitrogen and oxygen atoms in total. The van der Waals surface area contributed by atoms with Gasteiger partial charge in [-0.1, -0.05) is 18.2 Å². The van der Waals surface area contributed by atoms with Crippen LogP contribution in [0.3, 0.4) is 0 Å². The fourth-order valence-electron chi connectivity index (χ4n) is 3.33. The molecule has 1 saturated heterocycles. The van der Waals surface area contributed by atoms with Crippen LogP contribution in [0.1, 0.15) is 40.8 Å². The number of likely N-dealkylation sites (tertiary alicyclic amines) is 1. The molecule has 1 atom stereocenters. The lowest BCUT2D eigenvalue weighted by Gasteiger charge is -2.23. The van der Waals surface area contributed by atoms with Crippen LogP contribution in [0.25, 0.3) is 10.9 Å². The highest BCUT2D eigenvalue weighted by atomic mass is 16.2. The van der Waals surface area contributed by atoms with Crippen molar-refractivity contribution in [3.63, 3.8) is 0 Å². The van der Waals surface area contributed by atoms with Crippen LogP contribution in [-0.4, -0.2) is 32.3 Å². The Kier molecular flexibility index (Phi) is 3.33. The number of para-hydroxylation sites is 1. The second-order valence-corrected chi connectivity index (χ2v) is 5.99. The van der Waals surface area contributed by atoms with Gasteiger partial charge in [0.2, 0.25) is 0 Å². The number of rotatable bonds is 2. The van der Waals surface area contributed by atoms with Crippen LogP contribution in [0.4, 0.5) is 0 Å². The van der Waals surface area contributed by atoms with E-state index in [-0.39, 0.29) is 11.9 Å². The summed E-state index contributed by atoms with van der Waals surface area (Å²) in [7, 11) is 0. The minimum absolute atomic E-state index is 0.0233. The lowest BCUT2D eigenvalue weighted by molar-refractivity contribution is 0.0732. The minimum atomic E-state index is 0.0233. The van der Waals surface area contributed by atoms with Crippen LogP contribution in [0, 0.1) is 6.92 Å². The van der Waals surface area contributed by atoms with Crippen molar-refractivity contribution < 1.29 is 4.79 Å². The maximum atomic E-state index is 13.1. The summed E-state index contributed by atoms with van der Waals surface area (Å²) in [4.78, 5) is 27.1. The van der Waals surface area contributed by atoms with E-state index < -0.39 is 0 Å². The molecule has 4 rings (SSSR count). The summed E-state index contributed by atoms with van der Waals surface area (Å²) in [6.07, 6.45) is 5.48. The third kappa shape index (κ3) is 2.38. The molecule has 0 spiro atoms. The number of hydrogen-bond acceptors (Lipinski definition) is 3. The van der Waals surface area contributed by atoms with Crippen molar-refractivity contribution in [2.75, 3.05) is 6.54 Å². The number of fused-ring (bicyclic) bond motifs is 1. The first kappa shape index (κ1) is 13.9. The maximum Gasteiger partial charge on any atom is 0.256 e. The van der Waals surface area contributed by atoms with Crippen LogP contribution in [0.2, 0.25) is 0 Å². The molecule has 3 aromatic rings. The van der Waals surface area contributed by atoms with Gasteiger partial charge < -0.3 is 9.88 Å². The number of carbonyl (C=O) groups is 1. The molecule has 5 heteroatoms. The molecule has 0 saturated carbocycles. The zero-order valence-electron chi connectivity index (χ0n) is 13.0. The highest BCUT2D eigenvalue weighted by Crippen LogP contribution is 2.32. The number of aryl methyl sites for hydroxylation is 1. The number of aromatic nitrogens is 3. The number of carbonyl (C=O) groups excluding carboxylic acids is 1. The number of nitrogens with one attached hydrogen (secondary N) is 1. The van der Waals surface area contributed by atoms with Crippen LogP contribution < -0.4 is 0 Å². The minimum Gasteiger partial charge on any atom is -0.344 e. The molecular weight excluding hydrogens is 288 g/mol. The van der Waals surface area contributed by atoms with Crippen LogP contribution in [0.15, 0.2) is 42.7 Å². The summed E-state index contributed by atoms with van der Waals surface area (Å²) in [6, 6.07) is 9.66. The number of hydrogen-bond donors (Lipinski definition) is 1. The highest BCUT2D eigenvalue weighted by molar-refractivity contribution is 6.05. The van der Waals surface area contributed by atoms with Gasteiger partial charge in [0, 0.05) is 30.0 Å². The van der Waals surface area contributed by atoms with E-state index in [1.165, 1.54) is 0 Å². The number of pyridine rings is 1. The van der Waals surface area contributed by atoms with Gasteiger partial charge in [0.25, 0.3) is 5.91 Å². The lowest BCUT2D eigenvalue weighted by Crippen LogP contribution is -2.31. The quantitative estimate of drug-likeness (QED) is 0.790. The molecule has 1 fully saturated rings. The van der Waals surface area contributed by atoms with E-state index >= 15 is 0 Å². The zero-order chi connectivity index (χ0) is 15.8. The Labute approximate surface area is 134 Å². The third-order valence-electron chi connectivity index (χ3n) is 4.41. The number of imidazole rings is 1. The molecule has 1 aliphatic rings. The Morgan fingerprint density at radius 1 is 1.26 bits per heavy atom. The fourth-order valence-corrected chi connectivity index (χ4v) is 3.33. The molecule has 23 heavy (non-hydrogen) atoms. The summed E-state index contributed by atoms with van der Waals surface area (Å²) in [6.45, 7) is 2.73. The van der Waals surface area contributed by atoms with Gasteiger partial charge in [-0.15, -0.1) is 0 Å². The normalized spacial score (nSPS) is 17.8. The van der Waals surface area contributed by atoms with Gasteiger partial charge in [-0.3, -0.25) is 9.78 Å². The van der Waals surface area contributed by atoms with Crippen molar-refractivity contribution in [3.05, 3.63) is 59.8 Å². The standard InChI is InChI=1S/C18H18N4O/c1-12-11-20-17(21-12)15-8-4-10-22(15)18(23)14-7-2-5-13-6-3-9-19-16(13)14/h2-3,5-7,9,11,15H,4,8,10H2,1H3,(H,20,21). The monoisotopic (exact) mass is 306 g/mol. The summed E-state index contributed by atoms with van der Waals surface area (Å²) in [5.74, 6) is 0.910. The van der Waals surface area contributed by atoms with Crippen molar-refractivity contribution in [2.45, 2.75) is 25.8 Å². The number of amides is 1. The van der Waals surface area contributed by atoms with E-state index in [1.54, 1.807) is 6.20 Å². The number of benzene rings is 1. The van der Waals surface area contributed by atoms with Crippen molar-refractivity contribution >= 4 is 16.8 Å². The van der Waals surface area contributed by atoms with Gasteiger partial charge in [0.1, 0.15) is 5.82 Å². The predicted octanol–water partition coefficient (Wildman–Crippen LogP) is 3.24. The van der Waals surface area contributed by atoms with E-state index in [1.807, 2.05) is 48.4 Å². The Bertz CT molecular complexity index is 865. The molecule has 2 aromatic heterocycles. The van der Waals surface area contributed by atoms with E-state index in [9.17, 15) is 4.79 Å². The van der Waals surface area contributed by atoms with Crippen molar-refractivity contribution in [2.24, 2.45) is 0 Å². The highest BCUT2D eigenvalue weighted by Gasteiger charge is 2.33. The fraction of sp³-hybridized carbons (Fsp3) is 0.278. The summed E-state index contributed by atoms with van der Waals surface area (Å²) < 4.78 is 0. The summed E-state index contributed by atoms with van der Waals surface area (Å²) in [5, 5.41) is 0.989. The molecule has 1 aliphatic heterocycles. The number of aromatic amines is 1. The van der Waals surface area contributed by atoms with E-state index in [0.717, 1.165) is 41.8 Å². The predicted molar refractivity (Wildman–Crippen MR) is 88.1 cm³/mol. The Balaban J connectivity index is 1.72. The van der Waals surface area contributed by atoms with Crippen LogP contribution >= 0.6 is 0 Å². The first-order chi connectivity index (χ1) is 11.2. The Hall–Kier alpha value is -2.69. The molecule has 0 aliphatic carbocycles. The van der Waals surface area contributed by atoms with E-state index in [0.29, 0.717) is 5.56 Å². The van der Waals surface area contributed by atoms with Gasteiger partial charge in [-0.25, -0.2) is 4.98 Å². The van der Waals surface area contributed by atoms with Crippen LogP contribution in [0.5, 0.6) is 0 Å². The third-order valence-corrected chi connectivity index (χ3v) is 4.41. The second-order valence-electron chi connectivity index (χ2n) is 5.99.